The third-order valence-corrected chi connectivity index (χ3v) is 17.9. The Kier molecular flexibility index (Phi) is 8.85. The van der Waals surface area contributed by atoms with Gasteiger partial charge in [-0.2, -0.15) is 5.26 Å². The molecular weight excluding hydrogens is 875 g/mol. The van der Waals surface area contributed by atoms with Gasteiger partial charge in [0, 0.05) is 22.7 Å². The lowest BCUT2D eigenvalue weighted by atomic mass is 9.30. The molecule has 72 heavy (non-hydrogen) atoms. The summed E-state index contributed by atoms with van der Waals surface area (Å²) in [6.07, 6.45) is 8.27. The molecule has 11 aromatic rings. The van der Waals surface area contributed by atoms with Gasteiger partial charge < -0.3 is 0 Å². The minimum absolute atomic E-state index is 0.148. The van der Waals surface area contributed by atoms with Crippen LogP contribution in [0.4, 0.5) is 0 Å². The van der Waals surface area contributed by atoms with Crippen molar-refractivity contribution in [2.75, 3.05) is 0 Å². The second-order valence-corrected chi connectivity index (χ2v) is 21.1. The molecule has 2 heterocycles. The number of aromatic nitrogens is 4. The molecule has 4 saturated carbocycles. The molecule has 5 unspecified atom stereocenters. The topological polar surface area (TPSA) is 75.3 Å². The molecule has 340 valence electrons. The van der Waals surface area contributed by atoms with Gasteiger partial charge in [0.1, 0.15) is 5.69 Å². The lowest BCUT2D eigenvalue weighted by Crippen LogP contribution is -2.69. The molecule has 0 aliphatic heterocycles. The lowest BCUT2D eigenvalue weighted by molar-refractivity contribution is -0.198. The Hall–Kier alpha value is -8.59. The first-order valence-electron chi connectivity index (χ1n) is 25.4. The average Bonchev–Trinajstić information content (AvgIpc) is 3.92. The quantitative estimate of drug-likeness (QED) is 0.152. The van der Waals surface area contributed by atoms with Gasteiger partial charge in [-0.05, 0) is 162 Å². The Morgan fingerprint density at radius 2 is 0.986 bits per heavy atom. The maximum absolute atomic E-state index is 9.51. The van der Waals surface area contributed by atoms with E-state index < -0.39 is 0 Å². The van der Waals surface area contributed by atoms with Crippen LogP contribution in [0.3, 0.4) is 0 Å². The third kappa shape index (κ3) is 5.93. The first-order valence-corrected chi connectivity index (χ1v) is 25.4. The number of hydrogen-bond acceptors (Lipinski definition) is 5. The van der Waals surface area contributed by atoms with Crippen LogP contribution in [0.5, 0.6) is 0 Å². The van der Waals surface area contributed by atoms with Gasteiger partial charge in [0.15, 0.2) is 17.5 Å². The number of pyridine rings is 1. The number of hydrogen-bond donors (Lipinski definition) is 0. The normalized spacial score (nSPS) is 22.3. The van der Waals surface area contributed by atoms with Crippen molar-refractivity contribution < 1.29 is 0 Å². The highest BCUT2D eigenvalue weighted by atomic mass is 15.0. The van der Waals surface area contributed by atoms with Crippen LogP contribution in [-0.4, -0.2) is 19.9 Å². The minimum atomic E-state index is 0.148. The van der Waals surface area contributed by atoms with Crippen LogP contribution in [0.1, 0.15) is 48.8 Å². The van der Waals surface area contributed by atoms with Crippen molar-refractivity contribution in [2.24, 2.45) is 17.3 Å². The fraction of sp³-hybridized carbons (Fsp3) is 0.149. The SMILES string of the molecule is N#Cc1ccc2cc(-c3ccc(C45CC6CC7CC(c8ccc(-c9ccc(-c%10ccc(-c%11nc(-c%12ccccc%12)nc(-c%12ccccn%12)n%11)cc%10)cc9)c9ccccc89)(C4)CC765)c4ccccc34)ccc2c1. The standard InChI is InChI=1S/C67H47N5/c68-39-42-17-18-49-35-50(28-27-48(49)34-42)54-30-32-60(58-15-7-5-13-56(54)58)66-38-52-36-51-37-65(40-66,41-67(51,52)66)59-31-29-53(55-12-4-6-14-57(55)59)45-23-19-43(20-24-45)44-21-25-47(26-22-44)63-70-62(46-10-2-1-3-11-46)71-64(72-63)61-16-8-9-33-69-61/h1-35,51-52H,36-38,40-41H2. The number of nitriles is 1. The van der Waals surface area contributed by atoms with Crippen LogP contribution < -0.4 is 0 Å². The Morgan fingerprint density at radius 3 is 1.68 bits per heavy atom. The highest BCUT2D eigenvalue weighted by Crippen LogP contribution is 2.89. The zero-order valence-corrected chi connectivity index (χ0v) is 39.6. The second kappa shape index (κ2) is 15.5. The van der Waals surface area contributed by atoms with Crippen molar-refractivity contribution in [2.45, 2.75) is 42.9 Å². The molecule has 5 nitrogen and oxygen atoms in total. The van der Waals surface area contributed by atoms with Crippen molar-refractivity contribution in [1.82, 2.24) is 19.9 Å². The zero-order chi connectivity index (χ0) is 47.6. The summed E-state index contributed by atoms with van der Waals surface area (Å²) >= 11 is 0. The molecule has 1 spiro atoms. The van der Waals surface area contributed by atoms with E-state index in [-0.39, 0.29) is 10.8 Å². The Bertz CT molecular complexity index is 3990. The molecule has 0 amide bonds. The molecule has 4 aliphatic carbocycles. The summed E-state index contributed by atoms with van der Waals surface area (Å²) in [5, 5.41) is 17.3. The van der Waals surface area contributed by atoms with E-state index in [0.717, 1.165) is 44.9 Å². The summed E-state index contributed by atoms with van der Waals surface area (Å²) in [6, 6.07) is 76.9. The van der Waals surface area contributed by atoms with Crippen molar-refractivity contribution in [3.63, 3.8) is 0 Å². The summed E-state index contributed by atoms with van der Waals surface area (Å²) in [4.78, 5) is 19.2. The average molecular weight is 922 g/mol. The van der Waals surface area contributed by atoms with Crippen LogP contribution in [0, 0.1) is 28.6 Å². The van der Waals surface area contributed by atoms with Gasteiger partial charge >= 0.3 is 0 Å². The molecule has 4 fully saturated rings. The Balaban J connectivity index is 0.745. The Morgan fingerprint density at radius 1 is 0.431 bits per heavy atom. The molecule has 9 aromatic carbocycles. The highest BCUT2D eigenvalue weighted by molar-refractivity contribution is 6.02. The molecule has 15 rings (SSSR count). The number of rotatable bonds is 8. The van der Waals surface area contributed by atoms with Gasteiger partial charge in [0.2, 0.25) is 0 Å². The van der Waals surface area contributed by atoms with E-state index in [1.807, 2.05) is 60.7 Å². The number of nitrogens with zero attached hydrogens (tertiary/aromatic N) is 5. The van der Waals surface area contributed by atoms with Gasteiger partial charge in [-0.25, -0.2) is 15.0 Å². The number of benzene rings is 9. The smallest absolute Gasteiger partial charge is 0.182 e. The summed E-state index contributed by atoms with van der Waals surface area (Å²) in [6.45, 7) is 0. The number of fused-ring (bicyclic) bond motifs is 4. The van der Waals surface area contributed by atoms with E-state index in [1.165, 1.54) is 75.9 Å². The first-order chi connectivity index (χ1) is 35.5. The van der Waals surface area contributed by atoms with Crippen LogP contribution in [0.15, 0.2) is 212 Å². The van der Waals surface area contributed by atoms with Crippen LogP contribution in [-0.2, 0) is 10.8 Å². The largest absolute Gasteiger partial charge is 0.253 e. The molecule has 5 atom stereocenters. The maximum Gasteiger partial charge on any atom is 0.182 e. The van der Waals surface area contributed by atoms with Gasteiger partial charge in [-0.15, -0.1) is 0 Å². The molecule has 0 N–H and O–H groups in total. The highest BCUT2D eigenvalue weighted by Gasteiger charge is 2.84. The molecular formula is C67H47N5. The van der Waals surface area contributed by atoms with Crippen LogP contribution in [0.25, 0.3) is 100.0 Å². The van der Waals surface area contributed by atoms with Gasteiger partial charge in [0.05, 0.1) is 11.6 Å². The summed E-state index contributed by atoms with van der Waals surface area (Å²) < 4.78 is 0. The third-order valence-electron chi connectivity index (χ3n) is 17.9. The summed E-state index contributed by atoms with van der Waals surface area (Å²) in [7, 11) is 0. The molecule has 2 bridgehead atoms. The maximum atomic E-state index is 9.51. The van der Waals surface area contributed by atoms with Crippen molar-refractivity contribution in [1.29, 1.82) is 5.26 Å². The first kappa shape index (κ1) is 41.2. The molecule has 0 saturated heterocycles. The molecule has 4 aliphatic rings. The van der Waals surface area contributed by atoms with Gasteiger partial charge in [-0.3, -0.25) is 4.98 Å². The fourth-order valence-electron chi connectivity index (χ4n) is 14.9. The van der Waals surface area contributed by atoms with E-state index in [1.54, 1.807) is 17.3 Å². The van der Waals surface area contributed by atoms with Crippen LogP contribution >= 0.6 is 0 Å². The van der Waals surface area contributed by atoms with Crippen molar-refractivity contribution in [3.8, 4) is 73.7 Å². The van der Waals surface area contributed by atoms with Gasteiger partial charge in [0.25, 0.3) is 0 Å². The minimum Gasteiger partial charge on any atom is -0.253 e. The van der Waals surface area contributed by atoms with E-state index in [0.29, 0.717) is 34.1 Å². The predicted molar refractivity (Wildman–Crippen MR) is 290 cm³/mol. The predicted octanol–water partition coefficient (Wildman–Crippen LogP) is 16.0. The summed E-state index contributed by atoms with van der Waals surface area (Å²) in [5.41, 5.74) is 14.4. The van der Waals surface area contributed by atoms with E-state index in [9.17, 15) is 5.26 Å². The summed E-state index contributed by atoms with van der Waals surface area (Å²) in [5.74, 6) is 3.39. The van der Waals surface area contributed by atoms with Gasteiger partial charge in [-0.1, -0.05) is 176 Å². The Labute approximate surface area is 418 Å². The fourth-order valence-corrected chi connectivity index (χ4v) is 14.9. The van der Waals surface area contributed by atoms with Crippen molar-refractivity contribution >= 4 is 32.3 Å². The van der Waals surface area contributed by atoms with E-state index in [4.69, 9.17) is 15.0 Å². The zero-order valence-electron chi connectivity index (χ0n) is 39.6. The molecule has 0 radical (unpaired) electrons. The van der Waals surface area contributed by atoms with Crippen molar-refractivity contribution in [3.05, 3.63) is 229 Å². The second-order valence-electron chi connectivity index (χ2n) is 21.1. The molecule has 2 aromatic heterocycles. The molecule has 5 heteroatoms. The lowest BCUT2D eigenvalue weighted by Gasteiger charge is -2.73. The van der Waals surface area contributed by atoms with E-state index in [2.05, 4.69) is 157 Å². The van der Waals surface area contributed by atoms with E-state index >= 15 is 0 Å². The monoisotopic (exact) mass is 921 g/mol. The van der Waals surface area contributed by atoms with Crippen LogP contribution in [0.2, 0.25) is 0 Å².